The Bertz CT molecular complexity index is 1240. The van der Waals surface area contributed by atoms with Crippen molar-refractivity contribution in [3.63, 3.8) is 0 Å². The van der Waals surface area contributed by atoms with Gasteiger partial charge in [0.1, 0.15) is 24.0 Å². The molecule has 0 saturated carbocycles. The van der Waals surface area contributed by atoms with Crippen LogP contribution in [-0.4, -0.2) is 5.91 Å². The molecule has 168 valence electrons. The number of ether oxygens (including phenoxy) is 1. The van der Waals surface area contributed by atoms with Crippen molar-refractivity contribution in [3.05, 3.63) is 91.9 Å². The van der Waals surface area contributed by atoms with Crippen molar-refractivity contribution in [3.8, 4) is 11.8 Å². The summed E-state index contributed by atoms with van der Waals surface area (Å²) in [5, 5.41) is 13.1. The van der Waals surface area contributed by atoms with Crippen molar-refractivity contribution in [2.24, 2.45) is 0 Å². The van der Waals surface area contributed by atoms with Gasteiger partial charge in [-0.15, -0.1) is 0 Å². The lowest BCUT2D eigenvalue weighted by molar-refractivity contribution is -0.112. The lowest BCUT2D eigenvalue weighted by Crippen LogP contribution is -2.14. The van der Waals surface area contributed by atoms with Crippen LogP contribution in [0.4, 0.5) is 5.69 Å². The topological polar surface area (TPSA) is 62.1 Å². The summed E-state index contributed by atoms with van der Waals surface area (Å²) in [5.74, 6) is 0.259. The van der Waals surface area contributed by atoms with Gasteiger partial charge in [0.05, 0.1) is 12.8 Å². The zero-order valence-electron chi connectivity index (χ0n) is 17.1. The number of benzene rings is 3. The van der Waals surface area contributed by atoms with Crippen LogP contribution in [0, 0.1) is 25.4 Å². The Morgan fingerprint density at radius 1 is 1.12 bits per heavy atom. The average Bonchev–Trinajstić information content (AvgIpc) is 2.75. The van der Waals surface area contributed by atoms with Crippen LogP contribution < -0.4 is 10.1 Å². The molecule has 0 radical (unpaired) electrons. The SMILES string of the molecule is Cc1cc(Br)c(NC(=O)/C(C#N)=C/c2cc(I)c(OCc3ccc(Cl)cc3)c(I)c2)c(Br)c1. The molecule has 3 aromatic rings. The third kappa shape index (κ3) is 7.18. The predicted octanol–water partition coefficient (Wildman–Crippen LogP) is 8.51. The van der Waals surface area contributed by atoms with Crippen molar-refractivity contribution in [2.75, 3.05) is 5.32 Å². The highest BCUT2D eigenvalue weighted by molar-refractivity contribution is 14.1. The summed E-state index contributed by atoms with van der Waals surface area (Å²) in [7, 11) is 0. The van der Waals surface area contributed by atoms with Crippen LogP contribution in [0.2, 0.25) is 5.02 Å². The Hall–Kier alpha value is -1.13. The van der Waals surface area contributed by atoms with E-state index in [1.807, 2.05) is 61.5 Å². The van der Waals surface area contributed by atoms with E-state index >= 15 is 0 Å². The van der Waals surface area contributed by atoms with Gasteiger partial charge in [-0.3, -0.25) is 4.79 Å². The monoisotopic (exact) mass is 810 g/mol. The molecular weight excluding hydrogens is 797 g/mol. The molecule has 4 nitrogen and oxygen atoms in total. The second-order valence-corrected chi connectivity index (χ2v) is 11.4. The van der Waals surface area contributed by atoms with Crippen LogP contribution in [-0.2, 0) is 11.4 Å². The Morgan fingerprint density at radius 2 is 1.70 bits per heavy atom. The number of nitriles is 1. The number of carbonyl (C=O) groups is 1. The Balaban J connectivity index is 1.80. The molecule has 0 heterocycles. The highest BCUT2D eigenvalue weighted by atomic mass is 127. The van der Waals surface area contributed by atoms with Gasteiger partial charge >= 0.3 is 0 Å². The number of amides is 1. The molecule has 1 amide bonds. The Labute approximate surface area is 241 Å². The standard InChI is InChI=1S/C24H15Br2ClI2N2O2/c1-13-6-18(25)22(19(26)7-13)31-24(32)16(11-30)8-15-9-20(28)23(21(29)10-15)33-12-14-2-4-17(27)5-3-14/h2-10H,12H2,1H3,(H,31,32)/b16-8+. The second-order valence-electron chi connectivity index (χ2n) is 6.96. The van der Waals surface area contributed by atoms with Gasteiger partial charge in [-0.1, -0.05) is 23.7 Å². The van der Waals surface area contributed by atoms with E-state index in [2.05, 4.69) is 82.4 Å². The number of nitrogens with one attached hydrogen (secondary N) is 1. The summed E-state index contributed by atoms with van der Waals surface area (Å²) >= 11 is 17.2. The van der Waals surface area contributed by atoms with E-state index in [0.29, 0.717) is 17.3 Å². The van der Waals surface area contributed by atoms with Crippen LogP contribution in [0.1, 0.15) is 16.7 Å². The molecule has 0 atom stereocenters. The fourth-order valence-corrected chi connectivity index (χ4v) is 6.72. The molecule has 0 bridgehead atoms. The third-order valence-electron chi connectivity index (χ3n) is 4.42. The van der Waals surface area contributed by atoms with E-state index < -0.39 is 5.91 Å². The minimum atomic E-state index is -0.490. The van der Waals surface area contributed by atoms with E-state index in [4.69, 9.17) is 16.3 Å². The largest absolute Gasteiger partial charge is 0.487 e. The minimum absolute atomic E-state index is 0.00388. The summed E-state index contributed by atoms with van der Waals surface area (Å²) < 4.78 is 9.22. The molecule has 0 aliphatic heterocycles. The normalized spacial score (nSPS) is 11.1. The van der Waals surface area contributed by atoms with Crippen LogP contribution in [0.5, 0.6) is 5.75 Å². The fraction of sp³-hybridized carbons (Fsp3) is 0.0833. The van der Waals surface area contributed by atoms with Gasteiger partial charge in [0.2, 0.25) is 0 Å². The van der Waals surface area contributed by atoms with Crippen LogP contribution in [0.3, 0.4) is 0 Å². The molecule has 0 aliphatic rings. The summed E-state index contributed by atoms with van der Waals surface area (Å²) in [6, 6.07) is 17.0. The van der Waals surface area contributed by atoms with Crippen molar-refractivity contribution in [1.82, 2.24) is 0 Å². The zero-order valence-corrected chi connectivity index (χ0v) is 25.3. The number of halogens is 5. The van der Waals surface area contributed by atoms with Crippen LogP contribution >= 0.6 is 88.6 Å². The smallest absolute Gasteiger partial charge is 0.266 e. The first-order valence-corrected chi connectivity index (χ1v) is 13.5. The quantitative estimate of drug-likeness (QED) is 0.154. The molecule has 9 heteroatoms. The molecule has 0 spiro atoms. The molecular formula is C24H15Br2ClI2N2O2. The van der Waals surface area contributed by atoms with Gasteiger partial charge in [0.15, 0.2) is 0 Å². The van der Waals surface area contributed by atoms with Gasteiger partial charge in [0.25, 0.3) is 5.91 Å². The van der Waals surface area contributed by atoms with E-state index in [0.717, 1.165) is 38.5 Å². The highest BCUT2D eigenvalue weighted by Crippen LogP contribution is 2.33. The molecule has 0 fully saturated rings. The highest BCUT2D eigenvalue weighted by Gasteiger charge is 2.15. The zero-order chi connectivity index (χ0) is 24.1. The van der Waals surface area contributed by atoms with E-state index in [-0.39, 0.29) is 5.57 Å². The number of hydrogen-bond acceptors (Lipinski definition) is 3. The number of aryl methyl sites for hydroxylation is 1. The molecule has 0 saturated heterocycles. The van der Waals surface area contributed by atoms with Crippen molar-refractivity contribution in [2.45, 2.75) is 13.5 Å². The lowest BCUT2D eigenvalue weighted by atomic mass is 10.1. The number of anilines is 1. The summed E-state index contributed by atoms with van der Waals surface area (Å²) in [4.78, 5) is 12.8. The van der Waals surface area contributed by atoms with Gasteiger partial charge in [-0.05, 0) is 143 Å². The summed E-state index contributed by atoms with van der Waals surface area (Å²) in [6.07, 6.45) is 1.57. The first-order chi connectivity index (χ1) is 15.7. The van der Waals surface area contributed by atoms with E-state index in [1.54, 1.807) is 6.08 Å². The van der Waals surface area contributed by atoms with Crippen molar-refractivity contribution >= 4 is 106 Å². The van der Waals surface area contributed by atoms with E-state index in [9.17, 15) is 10.1 Å². The van der Waals surface area contributed by atoms with Crippen LogP contribution in [0.15, 0.2) is 63.0 Å². The molecule has 33 heavy (non-hydrogen) atoms. The van der Waals surface area contributed by atoms with Gasteiger partial charge < -0.3 is 10.1 Å². The van der Waals surface area contributed by atoms with Gasteiger partial charge in [0, 0.05) is 14.0 Å². The first-order valence-electron chi connectivity index (χ1n) is 9.43. The molecule has 0 unspecified atom stereocenters. The molecule has 1 N–H and O–H groups in total. The summed E-state index contributed by atoms with van der Waals surface area (Å²) in [6.45, 7) is 2.36. The lowest BCUT2D eigenvalue weighted by Gasteiger charge is -2.12. The van der Waals surface area contributed by atoms with Crippen molar-refractivity contribution in [1.29, 1.82) is 5.26 Å². The second kappa shape index (κ2) is 12.0. The number of carbonyl (C=O) groups excluding carboxylic acids is 1. The van der Waals surface area contributed by atoms with E-state index in [1.165, 1.54) is 0 Å². The number of nitrogens with zero attached hydrogens (tertiary/aromatic N) is 1. The maximum atomic E-state index is 12.8. The molecule has 0 aromatic heterocycles. The maximum Gasteiger partial charge on any atom is 0.266 e. The molecule has 3 aromatic carbocycles. The fourth-order valence-electron chi connectivity index (χ4n) is 2.85. The van der Waals surface area contributed by atoms with Gasteiger partial charge in [-0.25, -0.2) is 0 Å². The Morgan fingerprint density at radius 3 is 2.24 bits per heavy atom. The van der Waals surface area contributed by atoms with Crippen LogP contribution in [0.25, 0.3) is 6.08 Å². The number of hydrogen-bond donors (Lipinski definition) is 1. The predicted molar refractivity (Wildman–Crippen MR) is 156 cm³/mol. The first kappa shape index (κ1) is 26.5. The maximum absolute atomic E-state index is 12.8. The number of rotatable bonds is 6. The molecule has 0 aliphatic carbocycles. The Kier molecular flexibility index (Phi) is 9.64. The average molecular weight is 812 g/mol. The molecule has 3 rings (SSSR count). The minimum Gasteiger partial charge on any atom is -0.487 e. The van der Waals surface area contributed by atoms with Crippen molar-refractivity contribution < 1.29 is 9.53 Å². The summed E-state index contributed by atoms with van der Waals surface area (Å²) in [5.41, 5.74) is 3.34. The van der Waals surface area contributed by atoms with Gasteiger partial charge in [-0.2, -0.15) is 5.26 Å². The third-order valence-corrected chi connectivity index (χ3v) is 7.52.